The monoisotopic (exact) mass is 486 g/mol. The van der Waals surface area contributed by atoms with Crippen LogP contribution in [-0.4, -0.2) is 19.5 Å². The molecule has 176 valence electrons. The third-order valence-electron chi connectivity index (χ3n) is 7.74. The highest BCUT2D eigenvalue weighted by molar-refractivity contribution is 6.35. The molecule has 5 nitrogen and oxygen atoms in total. The molecule has 0 radical (unpaired) electrons. The van der Waals surface area contributed by atoms with Gasteiger partial charge in [-0.15, -0.1) is 0 Å². The molecule has 0 N–H and O–H groups in total. The second-order valence-electron chi connectivity index (χ2n) is 9.67. The van der Waals surface area contributed by atoms with Crippen molar-refractivity contribution in [3.63, 3.8) is 0 Å². The molecule has 0 saturated heterocycles. The molecule has 5 heterocycles. The molecule has 0 aliphatic carbocycles. The van der Waals surface area contributed by atoms with Gasteiger partial charge in [-0.1, -0.05) is 48.5 Å². The molecule has 0 aliphatic rings. The smallest absolute Gasteiger partial charge is 0.146 e. The number of nitrogens with zero attached hydrogens (tertiary/aromatic N) is 4. The van der Waals surface area contributed by atoms with E-state index in [0.717, 1.165) is 71.2 Å². The highest BCUT2D eigenvalue weighted by Crippen LogP contribution is 2.46. The number of hydrogen-bond acceptors (Lipinski definition) is 4. The first-order chi connectivity index (χ1) is 18.9. The molecule has 0 amide bonds. The fourth-order valence-corrected chi connectivity index (χ4v) is 6.20. The number of benzene rings is 4. The molecule has 38 heavy (non-hydrogen) atoms. The molecule has 0 aliphatic heterocycles. The summed E-state index contributed by atoms with van der Waals surface area (Å²) in [6.45, 7) is 0. The van der Waals surface area contributed by atoms with E-state index in [2.05, 4.69) is 81.3 Å². The van der Waals surface area contributed by atoms with Gasteiger partial charge in [0.2, 0.25) is 0 Å². The SMILES string of the molecule is c1cnc2c(c1)ccc1c(-n3c4ccccc4c4c5ccncc5c5oc6ccccc6c5c43)ccnc12. The van der Waals surface area contributed by atoms with Crippen LogP contribution in [0, 0.1) is 0 Å². The lowest BCUT2D eigenvalue weighted by molar-refractivity contribution is 0.672. The molecule has 9 aromatic rings. The van der Waals surface area contributed by atoms with Crippen molar-refractivity contribution in [2.75, 3.05) is 0 Å². The Labute approximate surface area is 215 Å². The molecule has 5 aromatic heterocycles. The average molecular weight is 487 g/mol. The minimum absolute atomic E-state index is 0.858. The van der Waals surface area contributed by atoms with E-state index in [1.165, 1.54) is 10.8 Å². The van der Waals surface area contributed by atoms with Crippen LogP contribution in [0.3, 0.4) is 0 Å². The van der Waals surface area contributed by atoms with Crippen LogP contribution in [0.15, 0.2) is 114 Å². The van der Waals surface area contributed by atoms with Crippen molar-refractivity contribution in [1.82, 2.24) is 19.5 Å². The van der Waals surface area contributed by atoms with E-state index in [1.807, 2.05) is 43.0 Å². The van der Waals surface area contributed by atoms with Crippen molar-refractivity contribution in [3.8, 4) is 5.69 Å². The van der Waals surface area contributed by atoms with Gasteiger partial charge >= 0.3 is 0 Å². The summed E-state index contributed by atoms with van der Waals surface area (Å²) in [6, 6.07) is 29.4. The molecule has 0 bridgehead atoms. The predicted octanol–water partition coefficient (Wildman–Crippen LogP) is 8.33. The first-order valence-electron chi connectivity index (χ1n) is 12.6. The topological polar surface area (TPSA) is 56.7 Å². The van der Waals surface area contributed by atoms with Crippen LogP contribution in [0.25, 0.3) is 82.0 Å². The number of aromatic nitrogens is 4. The number of rotatable bonds is 1. The number of para-hydroxylation sites is 2. The molecule has 0 saturated carbocycles. The van der Waals surface area contributed by atoms with Gasteiger partial charge in [0.1, 0.15) is 11.2 Å². The molecule has 0 spiro atoms. The van der Waals surface area contributed by atoms with Gasteiger partial charge in [-0.2, -0.15) is 0 Å². The molecular formula is C33H18N4O. The number of furan rings is 1. The van der Waals surface area contributed by atoms with Crippen LogP contribution >= 0.6 is 0 Å². The summed E-state index contributed by atoms with van der Waals surface area (Å²) in [7, 11) is 0. The second-order valence-corrected chi connectivity index (χ2v) is 9.67. The molecule has 9 rings (SSSR count). The Kier molecular flexibility index (Phi) is 3.73. The Balaban J connectivity index is 1.60. The van der Waals surface area contributed by atoms with Crippen LogP contribution in [0.2, 0.25) is 0 Å². The Morgan fingerprint density at radius 1 is 0.579 bits per heavy atom. The van der Waals surface area contributed by atoms with Crippen LogP contribution in [0.4, 0.5) is 0 Å². The Morgan fingerprint density at radius 3 is 2.42 bits per heavy atom. The van der Waals surface area contributed by atoms with E-state index >= 15 is 0 Å². The van der Waals surface area contributed by atoms with Crippen molar-refractivity contribution < 1.29 is 4.42 Å². The van der Waals surface area contributed by atoms with Crippen LogP contribution in [0.5, 0.6) is 0 Å². The van der Waals surface area contributed by atoms with Crippen molar-refractivity contribution in [1.29, 1.82) is 0 Å². The molecule has 5 heteroatoms. The van der Waals surface area contributed by atoms with E-state index in [-0.39, 0.29) is 0 Å². The minimum Gasteiger partial charge on any atom is -0.455 e. The highest BCUT2D eigenvalue weighted by atomic mass is 16.3. The quantitative estimate of drug-likeness (QED) is 0.219. The minimum atomic E-state index is 0.858. The van der Waals surface area contributed by atoms with E-state index in [9.17, 15) is 0 Å². The highest BCUT2D eigenvalue weighted by Gasteiger charge is 2.23. The summed E-state index contributed by atoms with van der Waals surface area (Å²) in [6.07, 6.45) is 7.51. The molecule has 0 unspecified atom stereocenters. The maximum atomic E-state index is 6.53. The van der Waals surface area contributed by atoms with E-state index in [0.29, 0.717) is 0 Å². The van der Waals surface area contributed by atoms with Gasteiger partial charge in [0, 0.05) is 57.1 Å². The maximum absolute atomic E-state index is 6.53. The second kappa shape index (κ2) is 7.14. The van der Waals surface area contributed by atoms with Crippen LogP contribution in [-0.2, 0) is 0 Å². The van der Waals surface area contributed by atoms with Crippen LogP contribution in [0.1, 0.15) is 0 Å². The van der Waals surface area contributed by atoms with Crippen molar-refractivity contribution in [3.05, 3.63) is 110 Å². The van der Waals surface area contributed by atoms with Gasteiger partial charge in [-0.25, -0.2) is 0 Å². The summed E-state index contributed by atoms with van der Waals surface area (Å²) in [5.41, 5.74) is 6.84. The largest absolute Gasteiger partial charge is 0.455 e. The molecule has 0 fully saturated rings. The first kappa shape index (κ1) is 19.8. The Morgan fingerprint density at radius 2 is 1.45 bits per heavy atom. The lowest BCUT2D eigenvalue weighted by Gasteiger charge is -2.13. The van der Waals surface area contributed by atoms with Gasteiger partial charge in [-0.3, -0.25) is 15.0 Å². The van der Waals surface area contributed by atoms with Gasteiger partial charge in [0.05, 0.1) is 33.1 Å². The van der Waals surface area contributed by atoms with Crippen molar-refractivity contribution >= 4 is 76.3 Å². The third-order valence-corrected chi connectivity index (χ3v) is 7.74. The van der Waals surface area contributed by atoms with E-state index in [1.54, 1.807) is 0 Å². The number of hydrogen-bond donors (Lipinski definition) is 0. The van der Waals surface area contributed by atoms with E-state index < -0.39 is 0 Å². The molecule has 0 atom stereocenters. The van der Waals surface area contributed by atoms with Gasteiger partial charge in [0.15, 0.2) is 0 Å². The summed E-state index contributed by atoms with van der Waals surface area (Å²) < 4.78 is 8.91. The number of pyridine rings is 3. The summed E-state index contributed by atoms with van der Waals surface area (Å²) >= 11 is 0. The Hall–Kier alpha value is -5.29. The van der Waals surface area contributed by atoms with E-state index in [4.69, 9.17) is 9.40 Å². The summed E-state index contributed by atoms with van der Waals surface area (Å²) in [4.78, 5) is 13.9. The lowest BCUT2D eigenvalue weighted by Crippen LogP contribution is -1.97. The zero-order valence-corrected chi connectivity index (χ0v) is 20.1. The van der Waals surface area contributed by atoms with Crippen molar-refractivity contribution in [2.24, 2.45) is 0 Å². The standard InChI is InChI=1S/C33H18N4O/c1-3-9-25-21(7-1)28-20-13-16-34-18-24(20)33-29(23-8-2-4-10-27(23)38-33)32(28)37(25)26-14-17-36-31-22(26)12-11-19-6-5-15-35-30(19)31/h1-18H. The maximum Gasteiger partial charge on any atom is 0.146 e. The average Bonchev–Trinajstić information content (AvgIpc) is 3.53. The molecular weight excluding hydrogens is 468 g/mol. The van der Waals surface area contributed by atoms with Crippen LogP contribution < -0.4 is 0 Å². The fraction of sp³-hybridized carbons (Fsp3) is 0. The van der Waals surface area contributed by atoms with Crippen molar-refractivity contribution in [2.45, 2.75) is 0 Å². The van der Waals surface area contributed by atoms with Gasteiger partial charge < -0.3 is 8.98 Å². The normalized spacial score (nSPS) is 12.2. The summed E-state index contributed by atoms with van der Waals surface area (Å²) in [5, 5.41) is 8.84. The third kappa shape index (κ3) is 2.43. The summed E-state index contributed by atoms with van der Waals surface area (Å²) in [5.74, 6) is 0. The zero-order valence-electron chi connectivity index (χ0n) is 20.1. The molecule has 4 aromatic carbocycles. The Bertz CT molecular complexity index is 2420. The first-order valence-corrected chi connectivity index (χ1v) is 12.6. The predicted molar refractivity (Wildman–Crippen MR) is 154 cm³/mol. The fourth-order valence-electron chi connectivity index (χ4n) is 6.20. The number of fused-ring (bicyclic) bond motifs is 13. The van der Waals surface area contributed by atoms with Gasteiger partial charge in [-0.05, 0) is 41.8 Å². The van der Waals surface area contributed by atoms with Gasteiger partial charge in [0.25, 0.3) is 0 Å². The lowest BCUT2D eigenvalue weighted by atomic mass is 10.0. The zero-order chi connectivity index (χ0) is 24.8.